The van der Waals surface area contributed by atoms with Crippen molar-refractivity contribution in [3.63, 3.8) is 0 Å². The average Bonchev–Trinajstić information content (AvgIpc) is 3.09. The predicted octanol–water partition coefficient (Wildman–Crippen LogP) is 3.95. The lowest BCUT2D eigenvalue weighted by molar-refractivity contribution is 0.102. The Morgan fingerprint density at radius 3 is 2.71 bits per heavy atom. The Kier molecular flexibility index (Phi) is 4.33. The summed E-state index contributed by atoms with van der Waals surface area (Å²) in [7, 11) is 1.62. The molecule has 2 N–H and O–H groups in total. The van der Waals surface area contributed by atoms with Crippen molar-refractivity contribution < 1.29 is 9.53 Å². The lowest BCUT2D eigenvalue weighted by Gasteiger charge is -2.09. The molecule has 3 rings (SSSR count). The molecule has 1 amide bonds. The lowest BCUT2D eigenvalue weighted by Crippen LogP contribution is -2.13. The number of amides is 1. The number of nitrogens with zero attached hydrogens (tertiary/aromatic N) is 1. The summed E-state index contributed by atoms with van der Waals surface area (Å²) in [6.45, 7) is 4.00. The molecule has 0 fully saturated rings. The summed E-state index contributed by atoms with van der Waals surface area (Å²) in [5.74, 6) is 0.530. The van der Waals surface area contributed by atoms with Crippen LogP contribution in [0, 0.1) is 13.8 Å². The third-order valence-corrected chi connectivity index (χ3v) is 4.04. The van der Waals surface area contributed by atoms with Crippen LogP contribution in [0.5, 0.6) is 5.75 Å². The fraction of sp³-hybridized carbons (Fsp3) is 0.158. The van der Waals surface area contributed by atoms with Gasteiger partial charge in [-0.1, -0.05) is 24.3 Å². The summed E-state index contributed by atoms with van der Waals surface area (Å²) in [4.78, 5) is 12.4. The molecular weight excluding hydrogens is 302 g/mol. The van der Waals surface area contributed by atoms with Gasteiger partial charge in [0.25, 0.3) is 5.91 Å². The molecule has 2 aromatic carbocycles. The second kappa shape index (κ2) is 6.58. The van der Waals surface area contributed by atoms with E-state index in [-0.39, 0.29) is 5.91 Å². The first kappa shape index (κ1) is 15.8. The van der Waals surface area contributed by atoms with Gasteiger partial charge in [0.15, 0.2) is 0 Å². The van der Waals surface area contributed by atoms with Gasteiger partial charge in [0, 0.05) is 11.3 Å². The number of nitrogens with one attached hydrogen (secondary N) is 2. The van der Waals surface area contributed by atoms with Crippen LogP contribution in [0.25, 0.3) is 11.3 Å². The van der Waals surface area contributed by atoms with Gasteiger partial charge in [-0.2, -0.15) is 5.10 Å². The van der Waals surface area contributed by atoms with Gasteiger partial charge in [0.05, 0.1) is 12.8 Å². The van der Waals surface area contributed by atoms with Crippen molar-refractivity contribution in [3.05, 3.63) is 65.4 Å². The molecule has 0 aliphatic rings. The van der Waals surface area contributed by atoms with Crippen LogP contribution in [0.2, 0.25) is 0 Å². The van der Waals surface area contributed by atoms with Crippen LogP contribution in [0.1, 0.15) is 21.6 Å². The Balaban J connectivity index is 1.82. The number of aromatic nitrogens is 2. The number of H-pyrrole nitrogens is 1. The number of carbonyl (C=O) groups excluding carboxylic acids is 1. The Morgan fingerprint density at radius 1 is 1.12 bits per heavy atom. The number of hydrogen-bond donors (Lipinski definition) is 2. The van der Waals surface area contributed by atoms with Gasteiger partial charge in [-0.15, -0.1) is 0 Å². The van der Waals surface area contributed by atoms with Crippen LogP contribution in [0.4, 0.5) is 5.69 Å². The van der Waals surface area contributed by atoms with Gasteiger partial charge < -0.3 is 10.1 Å². The van der Waals surface area contributed by atoms with E-state index in [2.05, 4.69) is 15.5 Å². The first-order valence-electron chi connectivity index (χ1n) is 7.66. The maximum Gasteiger partial charge on any atom is 0.273 e. The van der Waals surface area contributed by atoms with E-state index in [0.29, 0.717) is 11.4 Å². The Labute approximate surface area is 140 Å². The molecule has 0 bridgehead atoms. The van der Waals surface area contributed by atoms with E-state index < -0.39 is 0 Å². The largest absolute Gasteiger partial charge is 0.497 e. The molecule has 24 heavy (non-hydrogen) atoms. The summed E-state index contributed by atoms with van der Waals surface area (Å²) < 4.78 is 5.22. The lowest BCUT2D eigenvalue weighted by atomic mass is 10.1. The molecule has 0 saturated carbocycles. The molecule has 0 radical (unpaired) electrons. The number of methoxy groups -OCH3 is 1. The Bertz CT molecular complexity index is 884. The van der Waals surface area contributed by atoms with E-state index in [0.717, 1.165) is 28.1 Å². The molecule has 5 nitrogen and oxygen atoms in total. The second-order valence-corrected chi connectivity index (χ2v) is 5.60. The smallest absolute Gasteiger partial charge is 0.273 e. The fourth-order valence-electron chi connectivity index (χ4n) is 2.44. The zero-order valence-electron chi connectivity index (χ0n) is 13.9. The third-order valence-electron chi connectivity index (χ3n) is 4.04. The van der Waals surface area contributed by atoms with Crippen LogP contribution >= 0.6 is 0 Å². The first-order chi connectivity index (χ1) is 11.6. The van der Waals surface area contributed by atoms with Crippen LogP contribution in [0.15, 0.2) is 48.5 Å². The molecular formula is C19H19N3O2. The third kappa shape index (κ3) is 3.15. The SMILES string of the molecule is COc1cccc(-c2cc(C(=O)Nc3cccc(C)c3C)[nH]n2)c1. The molecule has 3 aromatic rings. The van der Waals surface area contributed by atoms with Crippen LogP contribution in [-0.4, -0.2) is 23.2 Å². The van der Waals surface area contributed by atoms with Crippen molar-refractivity contribution in [2.45, 2.75) is 13.8 Å². The number of hydrogen-bond acceptors (Lipinski definition) is 3. The van der Waals surface area contributed by atoms with Gasteiger partial charge in [-0.25, -0.2) is 0 Å². The van der Waals surface area contributed by atoms with Crippen LogP contribution in [0.3, 0.4) is 0 Å². The summed E-state index contributed by atoms with van der Waals surface area (Å²) in [5.41, 5.74) is 4.98. The molecule has 0 atom stereocenters. The summed E-state index contributed by atoms with van der Waals surface area (Å²) in [6, 6.07) is 15.1. The van der Waals surface area contributed by atoms with Gasteiger partial charge >= 0.3 is 0 Å². The number of aromatic amines is 1. The first-order valence-corrected chi connectivity index (χ1v) is 7.66. The molecule has 122 valence electrons. The minimum atomic E-state index is -0.217. The minimum Gasteiger partial charge on any atom is -0.497 e. The highest BCUT2D eigenvalue weighted by Crippen LogP contribution is 2.23. The van der Waals surface area contributed by atoms with Crippen molar-refractivity contribution in [1.82, 2.24) is 10.2 Å². The van der Waals surface area contributed by atoms with Crippen molar-refractivity contribution in [3.8, 4) is 17.0 Å². The molecule has 0 aliphatic heterocycles. The molecule has 0 spiro atoms. The highest BCUT2D eigenvalue weighted by Gasteiger charge is 2.13. The molecule has 1 aromatic heterocycles. The average molecular weight is 321 g/mol. The van der Waals surface area contributed by atoms with E-state index in [4.69, 9.17) is 4.74 Å². The number of benzene rings is 2. The van der Waals surface area contributed by atoms with Crippen LogP contribution in [-0.2, 0) is 0 Å². The zero-order valence-corrected chi connectivity index (χ0v) is 13.9. The Hall–Kier alpha value is -3.08. The maximum atomic E-state index is 12.4. The van der Waals surface area contributed by atoms with Gasteiger partial charge in [0.1, 0.15) is 11.4 Å². The number of aryl methyl sites for hydroxylation is 1. The number of ether oxygens (including phenoxy) is 1. The quantitative estimate of drug-likeness (QED) is 0.764. The molecule has 0 unspecified atom stereocenters. The number of rotatable bonds is 4. The number of anilines is 1. The van der Waals surface area contributed by atoms with Gasteiger partial charge in [-0.3, -0.25) is 9.89 Å². The van der Waals surface area contributed by atoms with Crippen molar-refractivity contribution in [2.24, 2.45) is 0 Å². The van der Waals surface area contributed by atoms with E-state index in [1.54, 1.807) is 13.2 Å². The standard InChI is InChI=1S/C19H19N3O2/c1-12-6-4-9-16(13(12)2)20-19(23)18-11-17(21-22-18)14-7-5-8-15(10-14)24-3/h4-11H,1-3H3,(H,20,23)(H,21,22). The van der Waals surface area contributed by atoms with Gasteiger partial charge in [-0.05, 0) is 49.2 Å². The van der Waals surface area contributed by atoms with E-state index >= 15 is 0 Å². The summed E-state index contributed by atoms with van der Waals surface area (Å²) in [6.07, 6.45) is 0. The van der Waals surface area contributed by atoms with Crippen molar-refractivity contribution in [1.29, 1.82) is 0 Å². The van der Waals surface area contributed by atoms with Crippen LogP contribution < -0.4 is 10.1 Å². The fourth-order valence-corrected chi connectivity index (χ4v) is 2.44. The topological polar surface area (TPSA) is 67.0 Å². The summed E-state index contributed by atoms with van der Waals surface area (Å²) >= 11 is 0. The van der Waals surface area contributed by atoms with Crippen molar-refractivity contribution >= 4 is 11.6 Å². The highest BCUT2D eigenvalue weighted by atomic mass is 16.5. The molecule has 5 heteroatoms. The summed E-state index contributed by atoms with van der Waals surface area (Å²) in [5, 5.41) is 9.94. The Morgan fingerprint density at radius 2 is 1.92 bits per heavy atom. The zero-order chi connectivity index (χ0) is 17.1. The van der Waals surface area contributed by atoms with E-state index in [1.807, 2.05) is 56.3 Å². The second-order valence-electron chi connectivity index (χ2n) is 5.60. The molecule has 0 saturated heterocycles. The number of carbonyl (C=O) groups is 1. The van der Waals surface area contributed by atoms with Gasteiger partial charge in [0.2, 0.25) is 0 Å². The minimum absolute atomic E-state index is 0.217. The molecule has 1 heterocycles. The molecule has 0 aliphatic carbocycles. The normalized spacial score (nSPS) is 10.5. The maximum absolute atomic E-state index is 12.4. The predicted molar refractivity (Wildman–Crippen MR) is 94.4 cm³/mol. The highest BCUT2D eigenvalue weighted by molar-refractivity contribution is 6.03. The monoisotopic (exact) mass is 321 g/mol. The van der Waals surface area contributed by atoms with E-state index in [1.165, 1.54) is 0 Å². The van der Waals surface area contributed by atoms with Crippen molar-refractivity contribution in [2.75, 3.05) is 12.4 Å². The van der Waals surface area contributed by atoms with E-state index in [9.17, 15) is 4.79 Å².